The topological polar surface area (TPSA) is 9.23 Å². The molecule has 0 atom stereocenters. The van der Waals surface area contributed by atoms with Crippen LogP contribution < -0.4 is 0 Å². The molecule has 8 heavy (non-hydrogen) atoms. The lowest BCUT2D eigenvalue weighted by Gasteiger charge is -1.91. The van der Waals surface area contributed by atoms with E-state index < -0.39 is 0 Å². The van der Waals surface area contributed by atoms with E-state index in [1.54, 1.807) is 7.11 Å². The molecule has 1 aliphatic rings. The Bertz CT molecular complexity index is 122. The molecule has 0 aliphatic heterocycles. The summed E-state index contributed by atoms with van der Waals surface area (Å²) in [6, 6.07) is 0. The maximum Gasteiger partial charge on any atom is 0.343 e. The molecular weight excluding hydrogens is 100 g/mol. The quantitative estimate of drug-likeness (QED) is 0.465. The Morgan fingerprint density at radius 2 is 2.62 bits per heavy atom. The number of hydrogen-bond acceptors (Lipinski definition) is 1. The summed E-state index contributed by atoms with van der Waals surface area (Å²) in [6.07, 6.45) is 9.22. The van der Waals surface area contributed by atoms with Gasteiger partial charge in [0.2, 0.25) is 0 Å². The monoisotopic (exact) mass is 109 g/mol. The van der Waals surface area contributed by atoms with Crippen molar-refractivity contribution in [1.29, 1.82) is 0 Å². The Morgan fingerprint density at radius 1 is 1.75 bits per heavy atom. The van der Waals surface area contributed by atoms with Gasteiger partial charge in [-0.25, -0.2) is 0 Å². The van der Waals surface area contributed by atoms with E-state index in [9.17, 15) is 0 Å². The smallest absolute Gasteiger partial charge is 0.343 e. The Morgan fingerprint density at radius 3 is 3.00 bits per heavy atom. The highest BCUT2D eigenvalue weighted by atomic mass is 16.5. The van der Waals surface area contributed by atoms with Crippen LogP contribution in [0.1, 0.15) is 12.8 Å². The van der Waals surface area contributed by atoms with Gasteiger partial charge in [-0.3, -0.25) is 0 Å². The van der Waals surface area contributed by atoms with Crippen molar-refractivity contribution >= 4 is 0 Å². The van der Waals surface area contributed by atoms with Crippen LogP contribution in [0.15, 0.2) is 17.9 Å². The van der Waals surface area contributed by atoms with Gasteiger partial charge in [0.1, 0.15) is 12.2 Å². The molecule has 0 N–H and O–H groups in total. The number of hydrogen-bond donors (Lipinski definition) is 0. The molecule has 1 nitrogen and oxygen atoms in total. The van der Waals surface area contributed by atoms with Crippen LogP contribution in [-0.2, 0) is 4.74 Å². The fourth-order valence-corrected chi connectivity index (χ4v) is 0.668. The SMILES string of the molecule is COC1=[C+]CCC=C1. The van der Waals surface area contributed by atoms with Crippen molar-refractivity contribution in [3.8, 4) is 0 Å². The van der Waals surface area contributed by atoms with Gasteiger partial charge in [0, 0.05) is 12.5 Å². The van der Waals surface area contributed by atoms with Gasteiger partial charge in [0.05, 0.1) is 13.5 Å². The van der Waals surface area contributed by atoms with Crippen molar-refractivity contribution in [2.24, 2.45) is 0 Å². The molecule has 0 aromatic heterocycles. The van der Waals surface area contributed by atoms with Crippen LogP contribution >= 0.6 is 0 Å². The molecule has 0 radical (unpaired) electrons. The fraction of sp³-hybridized carbons (Fsp3) is 0.429. The second-order valence-corrected chi connectivity index (χ2v) is 1.69. The third-order valence-corrected chi connectivity index (χ3v) is 1.10. The minimum atomic E-state index is 0.872. The van der Waals surface area contributed by atoms with Gasteiger partial charge < -0.3 is 4.74 Å². The Labute approximate surface area is 49.7 Å². The summed E-state index contributed by atoms with van der Waals surface area (Å²) < 4.78 is 4.91. The first-order valence-electron chi connectivity index (χ1n) is 2.75. The van der Waals surface area contributed by atoms with E-state index in [-0.39, 0.29) is 0 Å². The predicted octanol–water partition coefficient (Wildman–Crippen LogP) is 1.67. The Balaban J connectivity index is 2.51. The highest BCUT2D eigenvalue weighted by molar-refractivity contribution is 5.11. The van der Waals surface area contributed by atoms with E-state index >= 15 is 0 Å². The molecule has 0 fully saturated rings. The van der Waals surface area contributed by atoms with Gasteiger partial charge in [-0.2, -0.15) is 0 Å². The minimum absolute atomic E-state index is 0.872. The molecule has 0 unspecified atom stereocenters. The lowest BCUT2D eigenvalue weighted by molar-refractivity contribution is 0.301. The molecular formula is C7H9O+. The van der Waals surface area contributed by atoms with Gasteiger partial charge in [0.15, 0.2) is 0 Å². The number of ether oxygens (including phenoxy) is 1. The first kappa shape index (κ1) is 5.33. The minimum Gasteiger partial charge on any atom is -0.458 e. The standard InChI is InChI=1S/C7H9O/c1-8-7-5-3-2-4-6-7/h3,5H,2,4H2,1H3/q+1. The zero-order valence-electron chi connectivity index (χ0n) is 4.98. The summed E-state index contributed by atoms with van der Waals surface area (Å²) in [4.78, 5) is 0. The molecule has 1 rings (SSSR count). The summed E-state index contributed by atoms with van der Waals surface area (Å²) in [5, 5.41) is 0. The summed E-state index contributed by atoms with van der Waals surface area (Å²) in [5.74, 6) is 0.872. The van der Waals surface area contributed by atoms with Crippen LogP contribution in [-0.4, -0.2) is 7.11 Å². The highest BCUT2D eigenvalue weighted by Gasteiger charge is 2.06. The van der Waals surface area contributed by atoms with Gasteiger partial charge in [-0.1, -0.05) is 0 Å². The summed E-state index contributed by atoms with van der Waals surface area (Å²) >= 11 is 0. The summed E-state index contributed by atoms with van der Waals surface area (Å²) in [7, 11) is 1.66. The van der Waals surface area contributed by atoms with Gasteiger partial charge in [-0.05, 0) is 0 Å². The van der Waals surface area contributed by atoms with Crippen molar-refractivity contribution in [3.05, 3.63) is 24.0 Å². The van der Waals surface area contributed by atoms with E-state index in [2.05, 4.69) is 12.2 Å². The van der Waals surface area contributed by atoms with Crippen LogP contribution in [0.25, 0.3) is 0 Å². The maximum absolute atomic E-state index is 4.91. The van der Waals surface area contributed by atoms with Crippen LogP contribution in [0.2, 0.25) is 0 Å². The van der Waals surface area contributed by atoms with Gasteiger partial charge >= 0.3 is 5.76 Å². The molecule has 0 saturated heterocycles. The van der Waals surface area contributed by atoms with Crippen LogP contribution in [0, 0.1) is 6.08 Å². The maximum atomic E-state index is 4.91. The number of methoxy groups -OCH3 is 1. The molecule has 42 valence electrons. The lowest BCUT2D eigenvalue weighted by Crippen LogP contribution is -1.86. The number of rotatable bonds is 1. The molecule has 1 heteroatoms. The van der Waals surface area contributed by atoms with Crippen molar-refractivity contribution in [1.82, 2.24) is 0 Å². The lowest BCUT2D eigenvalue weighted by atomic mass is 10.2. The van der Waals surface area contributed by atoms with E-state index in [4.69, 9.17) is 4.74 Å². The highest BCUT2D eigenvalue weighted by Crippen LogP contribution is 2.07. The Kier molecular flexibility index (Phi) is 1.66. The van der Waals surface area contributed by atoms with Gasteiger partial charge in [-0.15, -0.1) is 0 Å². The van der Waals surface area contributed by atoms with E-state index in [0.29, 0.717) is 0 Å². The van der Waals surface area contributed by atoms with Crippen molar-refractivity contribution in [2.75, 3.05) is 7.11 Å². The third kappa shape index (κ3) is 1.08. The second kappa shape index (κ2) is 2.49. The third-order valence-electron chi connectivity index (χ3n) is 1.10. The molecule has 0 heterocycles. The van der Waals surface area contributed by atoms with Crippen molar-refractivity contribution < 1.29 is 4.74 Å². The molecule has 1 aliphatic carbocycles. The average Bonchev–Trinajstić information content (AvgIpc) is 1.90. The first-order valence-corrected chi connectivity index (χ1v) is 2.75. The largest absolute Gasteiger partial charge is 0.458 e. The zero-order valence-corrected chi connectivity index (χ0v) is 4.98. The van der Waals surface area contributed by atoms with Crippen molar-refractivity contribution in [2.45, 2.75) is 12.8 Å². The van der Waals surface area contributed by atoms with Crippen LogP contribution in [0.3, 0.4) is 0 Å². The number of allylic oxidation sites excluding steroid dienone is 3. The van der Waals surface area contributed by atoms with Gasteiger partial charge in [0.25, 0.3) is 0 Å². The molecule has 0 aromatic carbocycles. The molecule has 0 bridgehead atoms. The van der Waals surface area contributed by atoms with Crippen molar-refractivity contribution in [3.63, 3.8) is 0 Å². The normalized spacial score (nSPS) is 16.9. The summed E-state index contributed by atoms with van der Waals surface area (Å²) in [6.45, 7) is 0. The van der Waals surface area contributed by atoms with E-state index in [0.717, 1.165) is 18.6 Å². The molecule has 0 aromatic rings. The van der Waals surface area contributed by atoms with Crippen LogP contribution in [0.5, 0.6) is 0 Å². The first-order chi connectivity index (χ1) is 3.93. The summed E-state index contributed by atoms with van der Waals surface area (Å²) in [5.41, 5.74) is 0. The molecule has 0 saturated carbocycles. The van der Waals surface area contributed by atoms with E-state index in [1.807, 2.05) is 6.08 Å². The predicted molar refractivity (Wildman–Crippen MR) is 32.1 cm³/mol. The average molecular weight is 109 g/mol. The zero-order chi connectivity index (χ0) is 5.82. The Hall–Kier alpha value is -0.810. The van der Waals surface area contributed by atoms with Crippen LogP contribution in [0.4, 0.5) is 0 Å². The molecule has 0 spiro atoms. The fourth-order valence-electron chi connectivity index (χ4n) is 0.668. The molecule has 0 amide bonds. The van der Waals surface area contributed by atoms with E-state index in [1.165, 1.54) is 0 Å². The second-order valence-electron chi connectivity index (χ2n) is 1.69.